The number of halogens is 2. The number of benzene rings is 3. The van der Waals surface area contributed by atoms with E-state index in [-0.39, 0.29) is 12.1 Å². The van der Waals surface area contributed by atoms with Gasteiger partial charge in [0.05, 0.1) is 5.56 Å². The lowest BCUT2D eigenvalue weighted by Crippen LogP contribution is -2.43. The molecule has 4 rings (SSSR count). The van der Waals surface area contributed by atoms with Crippen LogP contribution < -0.4 is 10.2 Å². The van der Waals surface area contributed by atoms with Crippen molar-refractivity contribution in [3.8, 4) is 0 Å². The number of nitrogens with one attached hydrogen (secondary N) is 1. The first kappa shape index (κ1) is 16.2. The Bertz CT molecular complexity index is 925. The summed E-state index contributed by atoms with van der Waals surface area (Å²) in [5, 5.41) is 4.12. The molecule has 0 saturated heterocycles. The van der Waals surface area contributed by atoms with Crippen LogP contribution in [-0.4, -0.2) is 5.91 Å². The summed E-state index contributed by atoms with van der Waals surface area (Å²) in [6, 6.07) is 22.8. The number of nitrogens with zero attached hydrogens (tertiary/aromatic N) is 1. The standard InChI is InChI=1S/C20H14BrClN2O/c21-14-7-5-13(6-8-14)19-23-18-4-2-1-3-17(18)20(25)24(19)16-11-9-15(22)10-12-16/h1-12,19,23H/t19-/m0/s1. The van der Waals surface area contributed by atoms with Crippen molar-refractivity contribution in [1.82, 2.24) is 0 Å². The number of rotatable bonds is 2. The second-order valence-electron chi connectivity index (χ2n) is 5.80. The van der Waals surface area contributed by atoms with Gasteiger partial charge in [-0.15, -0.1) is 0 Å². The maximum Gasteiger partial charge on any atom is 0.262 e. The quantitative estimate of drug-likeness (QED) is 0.569. The van der Waals surface area contributed by atoms with Crippen molar-refractivity contribution in [2.24, 2.45) is 0 Å². The van der Waals surface area contributed by atoms with Crippen molar-refractivity contribution in [3.63, 3.8) is 0 Å². The third-order valence-electron chi connectivity index (χ3n) is 4.22. The highest BCUT2D eigenvalue weighted by atomic mass is 79.9. The van der Waals surface area contributed by atoms with E-state index >= 15 is 0 Å². The second-order valence-corrected chi connectivity index (χ2v) is 7.15. The van der Waals surface area contributed by atoms with Crippen molar-refractivity contribution in [1.29, 1.82) is 0 Å². The van der Waals surface area contributed by atoms with Crippen LogP contribution >= 0.6 is 27.5 Å². The topological polar surface area (TPSA) is 32.3 Å². The summed E-state index contributed by atoms with van der Waals surface area (Å²) in [6.07, 6.45) is -0.295. The van der Waals surface area contributed by atoms with E-state index in [0.29, 0.717) is 10.6 Å². The SMILES string of the molecule is O=C1c2ccccc2N[C@H](c2ccc(Br)cc2)N1c1ccc(Cl)cc1. The summed E-state index contributed by atoms with van der Waals surface area (Å²) in [4.78, 5) is 15.0. The number of para-hydroxylation sites is 1. The fourth-order valence-electron chi connectivity index (χ4n) is 3.00. The third-order valence-corrected chi connectivity index (χ3v) is 5.00. The number of carbonyl (C=O) groups is 1. The van der Waals surface area contributed by atoms with Crippen LogP contribution in [0.4, 0.5) is 11.4 Å². The lowest BCUT2D eigenvalue weighted by molar-refractivity contribution is 0.0975. The molecule has 1 N–H and O–H groups in total. The van der Waals surface area contributed by atoms with Gasteiger partial charge in [-0.3, -0.25) is 9.69 Å². The highest BCUT2D eigenvalue weighted by Gasteiger charge is 2.33. The number of carbonyl (C=O) groups excluding carboxylic acids is 1. The van der Waals surface area contributed by atoms with Crippen LogP contribution in [0.15, 0.2) is 77.3 Å². The normalized spacial score (nSPS) is 16.3. The van der Waals surface area contributed by atoms with E-state index < -0.39 is 0 Å². The smallest absolute Gasteiger partial charge is 0.262 e. The van der Waals surface area contributed by atoms with Crippen LogP contribution in [0.5, 0.6) is 0 Å². The van der Waals surface area contributed by atoms with Gasteiger partial charge in [-0.05, 0) is 54.1 Å². The summed E-state index contributed by atoms with van der Waals surface area (Å²) in [5.74, 6) is -0.0374. The van der Waals surface area contributed by atoms with Crippen molar-refractivity contribution in [2.75, 3.05) is 10.2 Å². The van der Waals surface area contributed by atoms with Gasteiger partial charge in [0.25, 0.3) is 5.91 Å². The van der Waals surface area contributed by atoms with Crippen LogP contribution in [0.3, 0.4) is 0 Å². The van der Waals surface area contributed by atoms with Gasteiger partial charge >= 0.3 is 0 Å². The summed E-state index contributed by atoms with van der Waals surface area (Å²) in [6.45, 7) is 0. The Kier molecular flexibility index (Phi) is 4.24. The van der Waals surface area contributed by atoms with E-state index in [1.807, 2.05) is 60.7 Å². The molecule has 5 heteroatoms. The molecular weight excluding hydrogens is 400 g/mol. The Morgan fingerprint density at radius 3 is 2.32 bits per heavy atom. The maximum absolute atomic E-state index is 13.2. The lowest BCUT2D eigenvalue weighted by atomic mass is 10.0. The molecule has 0 fully saturated rings. The molecule has 25 heavy (non-hydrogen) atoms. The average Bonchev–Trinajstić information content (AvgIpc) is 2.63. The van der Waals surface area contributed by atoms with Gasteiger partial charge in [0, 0.05) is 20.9 Å². The molecule has 0 radical (unpaired) electrons. The first-order chi connectivity index (χ1) is 12.1. The summed E-state index contributed by atoms with van der Waals surface area (Å²) < 4.78 is 0.997. The molecule has 0 bridgehead atoms. The van der Waals surface area contributed by atoms with Crippen molar-refractivity contribution in [3.05, 3.63) is 93.4 Å². The fraction of sp³-hybridized carbons (Fsp3) is 0.0500. The molecular formula is C20H14BrClN2O. The zero-order chi connectivity index (χ0) is 17.4. The van der Waals surface area contributed by atoms with Gasteiger partial charge in [-0.2, -0.15) is 0 Å². The first-order valence-corrected chi connectivity index (χ1v) is 9.01. The van der Waals surface area contributed by atoms with E-state index in [2.05, 4.69) is 21.2 Å². The van der Waals surface area contributed by atoms with Crippen molar-refractivity contribution < 1.29 is 4.79 Å². The third kappa shape index (κ3) is 3.03. The highest BCUT2D eigenvalue weighted by molar-refractivity contribution is 9.10. The Morgan fingerprint density at radius 2 is 1.60 bits per heavy atom. The van der Waals surface area contributed by atoms with Crippen molar-refractivity contribution in [2.45, 2.75) is 6.17 Å². The summed E-state index contributed by atoms with van der Waals surface area (Å²) >= 11 is 9.47. The van der Waals surface area contributed by atoms with Crippen LogP contribution in [0.2, 0.25) is 5.02 Å². The number of fused-ring (bicyclic) bond motifs is 1. The average molecular weight is 414 g/mol. The van der Waals surface area contributed by atoms with Crippen LogP contribution in [0, 0.1) is 0 Å². The van der Waals surface area contributed by atoms with Crippen LogP contribution in [0.25, 0.3) is 0 Å². The molecule has 0 unspecified atom stereocenters. The number of anilines is 2. The van der Waals surface area contributed by atoms with E-state index in [9.17, 15) is 4.79 Å². The molecule has 1 amide bonds. The number of hydrogen-bond acceptors (Lipinski definition) is 2. The molecule has 1 atom stereocenters. The maximum atomic E-state index is 13.2. The summed E-state index contributed by atoms with van der Waals surface area (Å²) in [5.41, 5.74) is 3.29. The zero-order valence-electron chi connectivity index (χ0n) is 13.1. The highest BCUT2D eigenvalue weighted by Crippen LogP contribution is 2.37. The molecule has 0 saturated carbocycles. The second kappa shape index (κ2) is 6.54. The zero-order valence-corrected chi connectivity index (χ0v) is 15.5. The number of hydrogen-bond donors (Lipinski definition) is 1. The first-order valence-electron chi connectivity index (χ1n) is 7.83. The predicted molar refractivity (Wildman–Crippen MR) is 105 cm³/mol. The lowest BCUT2D eigenvalue weighted by Gasteiger charge is -2.38. The molecule has 0 aromatic heterocycles. The van der Waals surface area contributed by atoms with Crippen molar-refractivity contribution >= 4 is 44.8 Å². The predicted octanol–water partition coefficient (Wildman–Crippen LogP) is 5.87. The Balaban J connectivity index is 1.85. The van der Waals surface area contributed by atoms with E-state index in [0.717, 1.165) is 21.4 Å². The number of amides is 1. The largest absolute Gasteiger partial charge is 0.360 e. The Morgan fingerprint density at radius 1 is 0.920 bits per heavy atom. The minimum absolute atomic E-state index is 0.0374. The van der Waals surface area contributed by atoms with Gasteiger partial charge in [0.1, 0.15) is 6.17 Å². The molecule has 3 aromatic carbocycles. The molecule has 124 valence electrons. The molecule has 1 heterocycles. The van der Waals surface area contributed by atoms with E-state index in [1.54, 1.807) is 17.0 Å². The monoisotopic (exact) mass is 412 g/mol. The van der Waals surface area contributed by atoms with Gasteiger partial charge in [0.15, 0.2) is 0 Å². The molecule has 0 spiro atoms. The van der Waals surface area contributed by atoms with Gasteiger partial charge in [0.2, 0.25) is 0 Å². The molecule has 1 aliphatic heterocycles. The minimum atomic E-state index is -0.295. The van der Waals surface area contributed by atoms with Gasteiger partial charge in [-0.1, -0.05) is 51.8 Å². The van der Waals surface area contributed by atoms with Crippen LogP contribution in [-0.2, 0) is 0 Å². The molecule has 1 aliphatic rings. The van der Waals surface area contributed by atoms with Gasteiger partial charge in [-0.25, -0.2) is 0 Å². The van der Waals surface area contributed by atoms with Crippen LogP contribution in [0.1, 0.15) is 22.1 Å². The molecule has 3 aromatic rings. The molecule has 3 nitrogen and oxygen atoms in total. The minimum Gasteiger partial charge on any atom is -0.360 e. The molecule has 0 aliphatic carbocycles. The van der Waals surface area contributed by atoms with E-state index in [4.69, 9.17) is 11.6 Å². The van der Waals surface area contributed by atoms with E-state index in [1.165, 1.54) is 0 Å². The van der Waals surface area contributed by atoms with Gasteiger partial charge < -0.3 is 5.32 Å². The fourth-order valence-corrected chi connectivity index (χ4v) is 3.39. The Labute approximate surface area is 159 Å². The Hall–Kier alpha value is -2.30. The summed E-state index contributed by atoms with van der Waals surface area (Å²) in [7, 11) is 0.